The Labute approximate surface area is 242 Å². The molecule has 0 spiro atoms. The van der Waals surface area contributed by atoms with Crippen LogP contribution in [-0.2, 0) is 17.8 Å². The number of nitrogens with one attached hydrogen (secondary N) is 1. The van der Waals surface area contributed by atoms with Gasteiger partial charge in [-0.05, 0) is 55.8 Å². The molecule has 0 bridgehead atoms. The van der Waals surface area contributed by atoms with E-state index < -0.39 is 0 Å². The van der Waals surface area contributed by atoms with E-state index in [1.807, 2.05) is 4.90 Å². The fraction of sp³-hybridized carbons (Fsp3) is 0.438. The minimum atomic E-state index is -0.0107. The van der Waals surface area contributed by atoms with Crippen molar-refractivity contribution in [3.63, 3.8) is 0 Å². The van der Waals surface area contributed by atoms with E-state index in [9.17, 15) is 4.79 Å². The van der Waals surface area contributed by atoms with Crippen LogP contribution in [-0.4, -0.2) is 72.7 Å². The van der Waals surface area contributed by atoms with Gasteiger partial charge in [0.2, 0.25) is 5.91 Å². The Bertz CT molecular complexity index is 1430. The molecule has 4 heterocycles. The third-order valence-electron chi connectivity index (χ3n) is 8.10. The van der Waals surface area contributed by atoms with E-state index in [0.717, 1.165) is 50.5 Å². The summed E-state index contributed by atoms with van der Waals surface area (Å²) < 4.78 is 6.19. The maximum absolute atomic E-state index is 12.1. The monoisotopic (exact) mass is 553 g/mol. The number of carbonyl (C=O) groups excluding carboxylic acids is 1. The minimum absolute atomic E-state index is 0.0107. The number of hydrogen-bond acceptors (Lipinski definition) is 8. The second kappa shape index (κ2) is 13.0. The van der Waals surface area contributed by atoms with Gasteiger partial charge in [0.25, 0.3) is 0 Å². The largest absolute Gasteiger partial charge is 0.462 e. The second-order valence-corrected chi connectivity index (χ2v) is 10.7. The maximum atomic E-state index is 12.1. The van der Waals surface area contributed by atoms with Gasteiger partial charge >= 0.3 is 6.01 Å². The van der Waals surface area contributed by atoms with Crippen molar-refractivity contribution in [1.29, 1.82) is 5.26 Å². The number of carbonyl (C=O) groups is 1. The number of fused-ring (bicyclic) bond motifs is 2. The Balaban J connectivity index is 0.00000108. The summed E-state index contributed by atoms with van der Waals surface area (Å²) in [5.41, 5.74) is 4.77. The third kappa shape index (κ3) is 6.28. The molecular weight excluding hydrogens is 514 g/mol. The van der Waals surface area contributed by atoms with Gasteiger partial charge < -0.3 is 24.8 Å². The zero-order chi connectivity index (χ0) is 28.8. The van der Waals surface area contributed by atoms with Crippen molar-refractivity contribution in [2.45, 2.75) is 45.7 Å². The van der Waals surface area contributed by atoms with Crippen LogP contribution in [0, 0.1) is 18.3 Å². The van der Waals surface area contributed by atoms with Crippen LogP contribution < -0.4 is 19.9 Å². The van der Waals surface area contributed by atoms with Crippen LogP contribution in [0.3, 0.4) is 0 Å². The highest BCUT2D eigenvalue weighted by Crippen LogP contribution is 2.35. The molecule has 3 aromatic rings. The average molecular weight is 554 g/mol. The number of ether oxygens (including phenoxy) is 1. The number of anilines is 2. The highest BCUT2D eigenvalue weighted by atomic mass is 16.5. The van der Waals surface area contributed by atoms with Crippen LogP contribution in [0.2, 0.25) is 0 Å². The molecule has 1 atom stereocenters. The Morgan fingerprint density at radius 2 is 1.90 bits per heavy atom. The van der Waals surface area contributed by atoms with Crippen LogP contribution in [0.25, 0.3) is 10.8 Å². The molecule has 3 aliphatic heterocycles. The number of nitrogens with zero attached hydrogens (tertiary/aromatic N) is 6. The van der Waals surface area contributed by atoms with Gasteiger partial charge in [0, 0.05) is 62.3 Å². The number of benzene rings is 2. The molecule has 9 heteroatoms. The van der Waals surface area contributed by atoms with Crippen molar-refractivity contribution in [3.8, 4) is 12.1 Å². The topological polar surface area (TPSA) is 97.6 Å². The molecule has 2 fully saturated rings. The van der Waals surface area contributed by atoms with E-state index in [1.54, 1.807) is 6.07 Å². The van der Waals surface area contributed by atoms with E-state index in [4.69, 9.17) is 20.0 Å². The van der Waals surface area contributed by atoms with E-state index in [0.29, 0.717) is 38.3 Å². The van der Waals surface area contributed by atoms with Crippen molar-refractivity contribution in [1.82, 2.24) is 20.2 Å². The van der Waals surface area contributed by atoms with E-state index in [-0.39, 0.29) is 5.91 Å². The molecule has 1 N–H and O–H groups in total. The summed E-state index contributed by atoms with van der Waals surface area (Å²) in [5.74, 6) is 0.951. The maximum Gasteiger partial charge on any atom is 0.318 e. The highest BCUT2D eigenvalue weighted by molar-refractivity contribution is 5.97. The molecule has 0 saturated carbocycles. The molecule has 0 radical (unpaired) electrons. The number of aryl methyl sites for hydroxylation is 1. The Kier molecular flexibility index (Phi) is 9.00. The van der Waals surface area contributed by atoms with Crippen LogP contribution in [0.5, 0.6) is 6.01 Å². The molecule has 0 aliphatic carbocycles. The summed E-state index contributed by atoms with van der Waals surface area (Å²) in [5, 5.41) is 13.4. The normalized spacial score (nSPS) is 18.3. The Hall–Kier alpha value is -4.16. The summed E-state index contributed by atoms with van der Waals surface area (Å²) in [4.78, 5) is 28.6. The Morgan fingerprint density at radius 1 is 1.15 bits per heavy atom. The first kappa shape index (κ1) is 28.4. The number of rotatable bonds is 6. The van der Waals surface area contributed by atoms with E-state index in [2.05, 4.69) is 65.0 Å². The lowest BCUT2D eigenvalue weighted by Crippen LogP contribution is -2.49. The van der Waals surface area contributed by atoms with Gasteiger partial charge in [0.05, 0.1) is 18.3 Å². The molecule has 1 aromatic heterocycles. The van der Waals surface area contributed by atoms with Crippen LogP contribution >= 0.6 is 0 Å². The first-order chi connectivity index (χ1) is 20.0. The lowest BCUT2D eigenvalue weighted by Gasteiger charge is -2.38. The predicted molar refractivity (Wildman–Crippen MR) is 162 cm³/mol. The van der Waals surface area contributed by atoms with Crippen molar-refractivity contribution < 1.29 is 9.53 Å². The summed E-state index contributed by atoms with van der Waals surface area (Å²) in [6.45, 7) is 13.3. The first-order valence-electron chi connectivity index (χ1n) is 14.5. The fourth-order valence-electron chi connectivity index (χ4n) is 6.03. The molecule has 214 valence electrons. The second-order valence-electron chi connectivity index (χ2n) is 10.7. The lowest BCUT2D eigenvalue weighted by atomic mass is 9.99. The molecule has 41 heavy (non-hydrogen) atoms. The lowest BCUT2D eigenvalue weighted by molar-refractivity contribution is -0.126. The third-order valence-corrected chi connectivity index (χ3v) is 8.10. The van der Waals surface area contributed by atoms with Crippen molar-refractivity contribution in [3.05, 3.63) is 65.9 Å². The zero-order valence-electron chi connectivity index (χ0n) is 24.1. The summed E-state index contributed by atoms with van der Waals surface area (Å²) in [6.07, 6.45) is 4.56. The van der Waals surface area contributed by atoms with Gasteiger partial charge in [-0.3, -0.25) is 4.79 Å². The number of amides is 1. The predicted octanol–water partition coefficient (Wildman–Crippen LogP) is 4.00. The minimum Gasteiger partial charge on any atom is -0.462 e. The van der Waals surface area contributed by atoms with Gasteiger partial charge in [0.15, 0.2) is 0 Å². The average Bonchev–Trinajstić information content (AvgIpc) is 3.53. The van der Waals surface area contributed by atoms with Gasteiger partial charge in [-0.2, -0.15) is 15.2 Å². The van der Waals surface area contributed by atoms with Crippen LogP contribution in [0.4, 0.5) is 11.5 Å². The standard InChI is InChI=1S/C30H36N6O2.C2H3N/c1-3-27(37)34-15-17-35(18-16-34)29-24-12-14-36(26-11-5-9-22-8-4-7-21(2)28(22)26)19-25(24)32-30(33-29)38-20-23-10-6-13-31-23;1-2-3/h3-5,7-9,11,23,31H,1,6,10,12-20H2,2H3;1H3. The number of aromatic nitrogens is 2. The molecule has 1 amide bonds. The summed E-state index contributed by atoms with van der Waals surface area (Å²) in [6, 6.07) is 15.6. The van der Waals surface area contributed by atoms with Crippen LogP contribution in [0.15, 0.2) is 49.1 Å². The smallest absolute Gasteiger partial charge is 0.318 e. The van der Waals surface area contributed by atoms with Crippen molar-refractivity contribution >= 4 is 28.2 Å². The molecule has 1 unspecified atom stereocenters. The summed E-state index contributed by atoms with van der Waals surface area (Å²) >= 11 is 0. The number of nitriles is 1. The van der Waals surface area contributed by atoms with Gasteiger partial charge in [-0.25, -0.2) is 0 Å². The molecule has 2 aromatic carbocycles. The van der Waals surface area contributed by atoms with E-state index in [1.165, 1.54) is 47.0 Å². The number of hydrogen-bond donors (Lipinski definition) is 1. The van der Waals surface area contributed by atoms with Gasteiger partial charge in [-0.1, -0.05) is 36.9 Å². The van der Waals surface area contributed by atoms with Gasteiger partial charge in [0.1, 0.15) is 12.4 Å². The van der Waals surface area contributed by atoms with E-state index >= 15 is 0 Å². The fourth-order valence-corrected chi connectivity index (χ4v) is 6.03. The quantitative estimate of drug-likeness (QED) is 0.458. The molecular formula is C32H39N7O2. The number of piperazine rings is 1. The summed E-state index contributed by atoms with van der Waals surface area (Å²) in [7, 11) is 0. The highest BCUT2D eigenvalue weighted by Gasteiger charge is 2.29. The van der Waals surface area contributed by atoms with Crippen LogP contribution in [0.1, 0.15) is 36.6 Å². The first-order valence-corrected chi connectivity index (χ1v) is 14.5. The molecule has 9 nitrogen and oxygen atoms in total. The Morgan fingerprint density at radius 3 is 2.61 bits per heavy atom. The molecule has 6 rings (SSSR count). The molecule has 2 saturated heterocycles. The van der Waals surface area contributed by atoms with Crippen molar-refractivity contribution in [2.24, 2.45) is 0 Å². The zero-order valence-corrected chi connectivity index (χ0v) is 24.1. The van der Waals surface area contributed by atoms with Crippen molar-refractivity contribution in [2.75, 3.05) is 55.7 Å². The molecule has 3 aliphatic rings. The van der Waals surface area contributed by atoms with Gasteiger partial charge in [-0.15, -0.1) is 0 Å². The SMILES string of the molecule is C=CC(=O)N1CCN(c2nc(OCC3CCCN3)nc3c2CCN(c2cccc4cccc(C)c24)C3)CC1.CC#N.